The Hall–Kier alpha value is -2.40. The number of unbranched alkanes of at least 4 members (excludes halogenated alkanes) is 1. The van der Waals surface area contributed by atoms with E-state index in [2.05, 4.69) is 6.92 Å². The number of carbonyl (C=O) groups excluding carboxylic acids is 1. The molecule has 3 rings (SSSR count). The minimum Gasteiger partial charge on any atom is -0.293 e. The number of ketones is 1. The third-order valence-corrected chi connectivity index (χ3v) is 5.64. The number of rotatable bonds is 7. The molecule has 0 saturated carbocycles. The minimum atomic E-state index is -0.325. The first kappa shape index (κ1) is 19.4. The number of aryl methyl sites for hydroxylation is 1. The predicted molar refractivity (Wildman–Crippen MR) is 112 cm³/mol. The maximum atomic E-state index is 12.9. The molecule has 0 aliphatic carbocycles. The lowest BCUT2D eigenvalue weighted by molar-refractivity contribution is 0.0994. The van der Waals surface area contributed by atoms with Crippen molar-refractivity contribution < 1.29 is 4.79 Å². The summed E-state index contributed by atoms with van der Waals surface area (Å²) in [4.78, 5) is 30.4. The second kappa shape index (κ2) is 8.53. The summed E-state index contributed by atoms with van der Waals surface area (Å²) in [6.45, 7) is 6.58. The molecule has 27 heavy (non-hydrogen) atoms. The molecule has 0 N–H and O–H groups in total. The number of Topliss-reactive ketones (excluding diaryl/α,β-unsaturated/α-hetero) is 1. The number of benzene rings is 2. The Balaban J connectivity index is 1.95. The number of aromatic nitrogens is 2. The van der Waals surface area contributed by atoms with E-state index in [1.165, 1.54) is 11.8 Å². The van der Waals surface area contributed by atoms with E-state index in [-0.39, 0.29) is 16.6 Å². The zero-order valence-electron chi connectivity index (χ0n) is 15.9. The van der Waals surface area contributed by atoms with Gasteiger partial charge in [0.2, 0.25) is 0 Å². The Morgan fingerprint density at radius 1 is 1.15 bits per heavy atom. The van der Waals surface area contributed by atoms with E-state index in [0.29, 0.717) is 28.2 Å². The normalized spacial score (nSPS) is 12.3. The third-order valence-electron chi connectivity index (χ3n) is 4.55. The summed E-state index contributed by atoms with van der Waals surface area (Å²) < 4.78 is 1.72. The Kier molecular flexibility index (Phi) is 6.11. The lowest BCUT2D eigenvalue weighted by Crippen LogP contribution is -2.25. The van der Waals surface area contributed by atoms with Crippen molar-refractivity contribution in [2.75, 3.05) is 0 Å². The fourth-order valence-electron chi connectivity index (χ4n) is 2.92. The highest BCUT2D eigenvalue weighted by Crippen LogP contribution is 2.25. The summed E-state index contributed by atoms with van der Waals surface area (Å²) in [6.07, 6.45) is 1.88. The predicted octanol–water partition coefficient (Wildman–Crippen LogP) is 4.87. The van der Waals surface area contributed by atoms with E-state index in [1.807, 2.05) is 62.4 Å². The Morgan fingerprint density at radius 3 is 2.56 bits per heavy atom. The summed E-state index contributed by atoms with van der Waals surface area (Å²) in [7, 11) is 0. The topological polar surface area (TPSA) is 52.0 Å². The second-order valence-corrected chi connectivity index (χ2v) is 8.02. The van der Waals surface area contributed by atoms with Crippen LogP contribution in [0.15, 0.2) is 58.5 Å². The molecule has 0 aliphatic heterocycles. The van der Waals surface area contributed by atoms with Gasteiger partial charge in [0, 0.05) is 12.1 Å². The van der Waals surface area contributed by atoms with Gasteiger partial charge in [0.15, 0.2) is 10.9 Å². The highest BCUT2D eigenvalue weighted by molar-refractivity contribution is 8.00. The Labute approximate surface area is 163 Å². The van der Waals surface area contributed by atoms with Crippen LogP contribution in [0, 0.1) is 6.92 Å². The molecule has 140 valence electrons. The first-order valence-electron chi connectivity index (χ1n) is 9.28. The maximum absolute atomic E-state index is 12.9. The lowest BCUT2D eigenvalue weighted by atomic mass is 10.1. The second-order valence-electron chi connectivity index (χ2n) is 6.71. The molecular formula is C22H24N2O2S. The fraction of sp³-hybridized carbons (Fsp3) is 0.318. The maximum Gasteiger partial charge on any atom is 0.262 e. The number of fused-ring (bicyclic) bond motifs is 1. The van der Waals surface area contributed by atoms with Gasteiger partial charge in [-0.05, 0) is 32.4 Å². The van der Waals surface area contributed by atoms with E-state index in [9.17, 15) is 9.59 Å². The molecule has 1 atom stereocenters. The Bertz CT molecular complexity index is 1010. The van der Waals surface area contributed by atoms with Crippen molar-refractivity contribution in [3.8, 4) is 0 Å². The van der Waals surface area contributed by atoms with Gasteiger partial charge in [0.1, 0.15) is 0 Å². The lowest BCUT2D eigenvalue weighted by Gasteiger charge is -2.16. The fourth-order valence-corrected chi connectivity index (χ4v) is 3.93. The average molecular weight is 381 g/mol. The van der Waals surface area contributed by atoms with E-state index >= 15 is 0 Å². The largest absolute Gasteiger partial charge is 0.293 e. The number of para-hydroxylation sites is 1. The molecule has 3 aromatic rings. The van der Waals surface area contributed by atoms with Gasteiger partial charge in [-0.25, -0.2) is 4.98 Å². The minimum absolute atomic E-state index is 0.0356. The van der Waals surface area contributed by atoms with Crippen LogP contribution in [0.4, 0.5) is 0 Å². The number of hydrogen-bond acceptors (Lipinski definition) is 4. The van der Waals surface area contributed by atoms with Gasteiger partial charge in [0.25, 0.3) is 5.56 Å². The summed E-state index contributed by atoms with van der Waals surface area (Å²) >= 11 is 1.36. The number of carbonyl (C=O) groups is 1. The Morgan fingerprint density at radius 2 is 1.85 bits per heavy atom. The van der Waals surface area contributed by atoms with Crippen LogP contribution >= 0.6 is 11.8 Å². The number of thioether (sulfide) groups is 1. The molecule has 0 saturated heterocycles. The molecule has 2 aromatic carbocycles. The molecule has 5 heteroatoms. The molecule has 1 heterocycles. The molecule has 0 fully saturated rings. The van der Waals surface area contributed by atoms with Crippen molar-refractivity contribution in [1.29, 1.82) is 0 Å². The van der Waals surface area contributed by atoms with E-state index in [1.54, 1.807) is 4.57 Å². The van der Waals surface area contributed by atoms with Gasteiger partial charge in [0.05, 0.1) is 16.2 Å². The van der Waals surface area contributed by atoms with Crippen molar-refractivity contribution >= 4 is 28.4 Å². The summed E-state index contributed by atoms with van der Waals surface area (Å²) in [5.74, 6) is 0.0458. The molecule has 4 nitrogen and oxygen atoms in total. The van der Waals surface area contributed by atoms with Gasteiger partial charge in [-0.1, -0.05) is 67.1 Å². The number of hydrogen-bond donors (Lipinski definition) is 0. The molecule has 0 spiro atoms. The standard InChI is InChI=1S/C22H24N2O2S/c1-4-5-14-24-21(26)18-8-6-7-9-19(18)23-22(24)27-16(3)20(25)17-12-10-15(2)11-13-17/h6-13,16H,4-5,14H2,1-3H3. The molecule has 1 aromatic heterocycles. The van der Waals surface area contributed by atoms with Crippen molar-refractivity contribution in [1.82, 2.24) is 9.55 Å². The van der Waals surface area contributed by atoms with Crippen LogP contribution < -0.4 is 5.56 Å². The van der Waals surface area contributed by atoms with E-state index in [4.69, 9.17) is 4.98 Å². The van der Waals surface area contributed by atoms with Crippen molar-refractivity contribution in [3.63, 3.8) is 0 Å². The van der Waals surface area contributed by atoms with Crippen LogP contribution in [0.2, 0.25) is 0 Å². The van der Waals surface area contributed by atoms with Gasteiger partial charge >= 0.3 is 0 Å². The van der Waals surface area contributed by atoms with Crippen LogP contribution in [-0.4, -0.2) is 20.6 Å². The van der Waals surface area contributed by atoms with Crippen LogP contribution in [0.5, 0.6) is 0 Å². The SMILES string of the molecule is CCCCn1c(SC(C)C(=O)c2ccc(C)cc2)nc2ccccc2c1=O. The van der Waals surface area contributed by atoms with Crippen LogP contribution in [0.25, 0.3) is 10.9 Å². The molecule has 0 radical (unpaired) electrons. The van der Waals surface area contributed by atoms with Gasteiger partial charge in [-0.2, -0.15) is 0 Å². The van der Waals surface area contributed by atoms with Crippen LogP contribution in [0.1, 0.15) is 42.6 Å². The zero-order chi connectivity index (χ0) is 19.4. The van der Waals surface area contributed by atoms with Crippen molar-refractivity contribution in [3.05, 3.63) is 70.0 Å². The average Bonchev–Trinajstić information content (AvgIpc) is 2.68. The smallest absolute Gasteiger partial charge is 0.262 e. The summed E-state index contributed by atoms with van der Waals surface area (Å²) in [6, 6.07) is 15.0. The molecule has 0 amide bonds. The zero-order valence-corrected chi connectivity index (χ0v) is 16.8. The summed E-state index contributed by atoms with van der Waals surface area (Å²) in [5.41, 5.74) is 2.44. The third kappa shape index (κ3) is 4.30. The monoisotopic (exact) mass is 380 g/mol. The van der Waals surface area contributed by atoms with E-state index < -0.39 is 0 Å². The highest BCUT2D eigenvalue weighted by atomic mass is 32.2. The van der Waals surface area contributed by atoms with Gasteiger partial charge in [-0.3, -0.25) is 14.2 Å². The molecule has 0 bridgehead atoms. The van der Waals surface area contributed by atoms with E-state index in [0.717, 1.165) is 18.4 Å². The van der Waals surface area contributed by atoms with Crippen molar-refractivity contribution in [2.45, 2.75) is 50.6 Å². The van der Waals surface area contributed by atoms with Gasteiger partial charge in [-0.15, -0.1) is 0 Å². The van der Waals surface area contributed by atoms with Crippen molar-refractivity contribution in [2.24, 2.45) is 0 Å². The first-order chi connectivity index (χ1) is 13.0. The quantitative estimate of drug-likeness (QED) is 0.333. The molecular weight excluding hydrogens is 356 g/mol. The number of nitrogens with zero attached hydrogens (tertiary/aromatic N) is 2. The molecule has 1 unspecified atom stereocenters. The van der Waals surface area contributed by atoms with Crippen LogP contribution in [-0.2, 0) is 6.54 Å². The van der Waals surface area contributed by atoms with Gasteiger partial charge < -0.3 is 0 Å². The van der Waals surface area contributed by atoms with Crippen LogP contribution in [0.3, 0.4) is 0 Å². The summed E-state index contributed by atoms with van der Waals surface area (Å²) in [5, 5.41) is 0.907. The molecule has 0 aliphatic rings. The first-order valence-corrected chi connectivity index (χ1v) is 10.2. The highest BCUT2D eigenvalue weighted by Gasteiger charge is 2.20.